The quantitative estimate of drug-likeness (QED) is 0.743. The van der Waals surface area contributed by atoms with Crippen LogP contribution in [0.2, 0.25) is 0 Å². The highest BCUT2D eigenvalue weighted by Crippen LogP contribution is 2.30. The van der Waals surface area contributed by atoms with E-state index in [2.05, 4.69) is 0 Å². The molecular formula is C12H12N2O3. The van der Waals surface area contributed by atoms with E-state index in [0.29, 0.717) is 0 Å². The van der Waals surface area contributed by atoms with Gasteiger partial charge in [0.05, 0.1) is 0 Å². The van der Waals surface area contributed by atoms with Gasteiger partial charge in [0, 0.05) is 6.85 Å². The van der Waals surface area contributed by atoms with Crippen molar-refractivity contribution in [3.63, 3.8) is 0 Å². The van der Waals surface area contributed by atoms with Crippen LogP contribution in [0.3, 0.4) is 0 Å². The maximum atomic E-state index is 12.3. The molecule has 2 N–H and O–H groups in total. The van der Waals surface area contributed by atoms with E-state index in [1.54, 1.807) is 16.7 Å². The maximum absolute atomic E-state index is 12.3. The molecule has 2 rings (SSSR count). The van der Waals surface area contributed by atoms with Crippen molar-refractivity contribution in [2.75, 3.05) is 0 Å². The summed E-state index contributed by atoms with van der Waals surface area (Å²) < 4.78 is 38.1. The number of imide groups is 2. The summed E-state index contributed by atoms with van der Waals surface area (Å²) in [5.41, 5.74) is -2.86. The van der Waals surface area contributed by atoms with E-state index in [1.807, 2.05) is 0 Å². The highest BCUT2D eigenvalue weighted by atomic mass is 16.2. The van der Waals surface area contributed by atoms with Gasteiger partial charge in [0.2, 0.25) is 11.8 Å². The zero-order valence-corrected chi connectivity index (χ0v) is 8.61. The lowest BCUT2D eigenvalue weighted by atomic mass is 9.75. The van der Waals surface area contributed by atoms with E-state index in [1.165, 1.54) is 24.3 Å². The molecular weight excluding hydrogens is 220 g/mol. The molecule has 0 saturated carbocycles. The van der Waals surface area contributed by atoms with E-state index in [-0.39, 0.29) is 5.56 Å². The minimum atomic E-state index is -3.28. The molecule has 1 aromatic carbocycles. The molecule has 0 unspecified atom stereocenters. The number of carbonyl (C=O) groups is 3. The Morgan fingerprint density at radius 2 is 1.76 bits per heavy atom. The molecule has 17 heavy (non-hydrogen) atoms. The molecule has 1 fully saturated rings. The summed E-state index contributed by atoms with van der Waals surface area (Å²) in [6, 6.07) is 5.83. The van der Waals surface area contributed by atoms with Gasteiger partial charge in [-0.1, -0.05) is 37.2 Å². The Labute approximate surface area is 105 Å². The SMILES string of the molecule is [2H]C([2H])([2H])C([2H])([2H])C1(c2ccccc2)C(=O)NC(=O)NC1=O. The van der Waals surface area contributed by atoms with Gasteiger partial charge in [-0.05, 0) is 11.9 Å². The molecule has 5 nitrogen and oxygen atoms in total. The van der Waals surface area contributed by atoms with Gasteiger partial charge in [-0.15, -0.1) is 0 Å². The lowest BCUT2D eigenvalue weighted by Crippen LogP contribution is -2.64. The molecule has 5 heteroatoms. The smallest absolute Gasteiger partial charge is 0.277 e. The van der Waals surface area contributed by atoms with Gasteiger partial charge in [0.25, 0.3) is 0 Å². The average Bonchev–Trinajstić information content (AvgIpc) is 2.37. The van der Waals surface area contributed by atoms with Crippen molar-refractivity contribution in [2.24, 2.45) is 0 Å². The summed E-state index contributed by atoms with van der Waals surface area (Å²) in [7, 11) is 0. The molecule has 0 aliphatic carbocycles. The van der Waals surface area contributed by atoms with E-state index < -0.39 is 36.5 Å². The second-order valence-electron chi connectivity index (χ2n) is 3.48. The van der Waals surface area contributed by atoms with Crippen LogP contribution >= 0.6 is 0 Å². The van der Waals surface area contributed by atoms with Crippen molar-refractivity contribution < 1.29 is 21.2 Å². The van der Waals surface area contributed by atoms with Crippen LogP contribution < -0.4 is 10.6 Å². The summed E-state index contributed by atoms with van der Waals surface area (Å²) in [5.74, 6) is -2.62. The standard InChI is InChI=1S/C12H12N2O3/c1-2-12(8-6-4-3-5-7-8)9(15)13-11(17)14-10(12)16/h3-7H,2H2,1H3,(H2,13,14,15,16,17)/i1D3,2D2. The first kappa shape index (κ1) is 6.54. The molecule has 1 aliphatic heterocycles. The molecule has 1 aliphatic rings. The normalized spacial score (nSPS) is 24.5. The van der Waals surface area contributed by atoms with Gasteiger partial charge in [-0.2, -0.15) is 0 Å². The topological polar surface area (TPSA) is 75.3 Å². The summed E-state index contributed by atoms with van der Waals surface area (Å²) in [6.45, 7) is -3.28. The van der Waals surface area contributed by atoms with Gasteiger partial charge in [-0.25, -0.2) is 4.79 Å². The monoisotopic (exact) mass is 237 g/mol. The molecule has 88 valence electrons. The Kier molecular flexibility index (Phi) is 1.54. The Morgan fingerprint density at radius 3 is 2.29 bits per heavy atom. The Hall–Kier alpha value is -2.17. The van der Waals surface area contributed by atoms with Crippen LogP contribution in [0.1, 0.15) is 25.6 Å². The highest BCUT2D eigenvalue weighted by molar-refractivity contribution is 6.22. The van der Waals surface area contributed by atoms with Crippen molar-refractivity contribution in [3.05, 3.63) is 35.9 Å². The Morgan fingerprint density at radius 1 is 1.18 bits per heavy atom. The third-order valence-electron chi connectivity index (χ3n) is 2.53. The number of rotatable bonds is 2. The molecule has 0 atom stereocenters. The zero-order valence-electron chi connectivity index (χ0n) is 13.6. The third-order valence-corrected chi connectivity index (χ3v) is 2.53. The van der Waals surface area contributed by atoms with Crippen molar-refractivity contribution in [1.82, 2.24) is 10.6 Å². The lowest BCUT2D eigenvalue weighted by molar-refractivity contribution is -0.138. The van der Waals surface area contributed by atoms with Gasteiger partial charge >= 0.3 is 6.03 Å². The van der Waals surface area contributed by atoms with Gasteiger partial charge in [-0.3, -0.25) is 20.2 Å². The van der Waals surface area contributed by atoms with Crippen LogP contribution in [0.15, 0.2) is 30.3 Å². The first-order valence-corrected chi connectivity index (χ1v) is 4.77. The lowest BCUT2D eigenvalue weighted by Gasteiger charge is -2.33. The molecule has 1 saturated heterocycles. The number of hydrogen-bond donors (Lipinski definition) is 2. The molecule has 0 bridgehead atoms. The Bertz CT molecular complexity index is 622. The maximum Gasteiger partial charge on any atom is 0.328 e. The van der Waals surface area contributed by atoms with Gasteiger partial charge in [0.15, 0.2) is 5.41 Å². The first-order chi connectivity index (χ1) is 10.0. The van der Waals surface area contributed by atoms with Crippen LogP contribution in [-0.4, -0.2) is 17.8 Å². The highest BCUT2D eigenvalue weighted by Gasteiger charge is 2.50. The number of carbonyl (C=O) groups excluding carboxylic acids is 3. The van der Waals surface area contributed by atoms with Crippen LogP contribution in [0.25, 0.3) is 0 Å². The summed E-state index contributed by atoms with van der Waals surface area (Å²) in [4.78, 5) is 35.9. The predicted molar refractivity (Wildman–Crippen MR) is 60.1 cm³/mol. The fourth-order valence-electron chi connectivity index (χ4n) is 1.66. The fraction of sp³-hybridized carbons (Fsp3) is 0.250. The summed E-state index contributed by atoms with van der Waals surface area (Å²) >= 11 is 0. The first-order valence-electron chi connectivity index (χ1n) is 7.27. The summed E-state index contributed by atoms with van der Waals surface area (Å²) in [6.07, 6.45) is -3.24. The zero-order chi connectivity index (χ0) is 16.8. The van der Waals surface area contributed by atoms with E-state index in [9.17, 15) is 14.4 Å². The van der Waals surface area contributed by atoms with E-state index >= 15 is 0 Å². The second-order valence-corrected chi connectivity index (χ2v) is 3.48. The van der Waals surface area contributed by atoms with Gasteiger partial charge < -0.3 is 0 Å². The number of barbiturate groups is 1. The fourth-order valence-corrected chi connectivity index (χ4v) is 1.66. The minimum absolute atomic E-state index is 0.154. The molecule has 1 heterocycles. The van der Waals surface area contributed by atoms with E-state index in [4.69, 9.17) is 6.85 Å². The number of benzene rings is 1. The number of hydrogen-bond acceptors (Lipinski definition) is 3. The molecule has 0 aromatic heterocycles. The molecule has 0 radical (unpaired) electrons. The van der Waals surface area contributed by atoms with Crippen LogP contribution in [-0.2, 0) is 15.0 Å². The van der Waals surface area contributed by atoms with Crippen LogP contribution in [0.5, 0.6) is 0 Å². The van der Waals surface area contributed by atoms with Crippen molar-refractivity contribution >= 4 is 17.8 Å². The van der Waals surface area contributed by atoms with Crippen LogP contribution in [0, 0.1) is 0 Å². The summed E-state index contributed by atoms with van der Waals surface area (Å²) in [5, 5.41) is 3.55. The van der Waals surface area contributed by atoms with Gasteiger partial charge in [0.1, 0.15) is 0 Å². The predicted octanol–water partition coefficient (Wildman–Crippen LogP) is 0.700. The van der Waals surface area contributed by atoms with E-state index in [0.717, 1.165) is 0 Å². The minimum Gasteiger partial charge on any atom is -0.277 e. The number of nitrogens with one attached hydrogen (secondary N) is 2. The molecule has 0 spiro atoms. The van der Waals surface area contributed by atoms with Crippen molar-refractivity contribution in [1.29, 1.82) is 0 Å². The largest absolute Gasteiger partial charge is 0.328 e. The number of amides is 4. The van der Waals surface area contributed by atoms with Crippen molar-refractivity contribution in [3.8, 4) is 0 Å². The van der Waals surface area contributed by atoms with Crippen molar-refractivity contribution in [2.45, 2.75) is 18.6 Å². The average molecular weight is 237 g/mol. The molecule has 4 amide bonds. The number of urea groups is 1. The second kappa shape index (κ2) is 4.01. The Balaban J connectivity index is 2.79. The molecule has 1 aromatic rings. The van der Waals surface area contributed by atoms with Crippen LogP contribution in [0.4, 0.5) is 4.79 Å². The third kappa shape index (κ3) is 1.60.